The maximum absolute atomic E-state index is 5.07. The van der Waals surface area contributed by atoms with Gasteiger partial charge in [-0.1, -0.05) is 24.3 Å². The molecule has 1 aromatic heterocycles. The molecular weight excluding hydrogens is 376 g/mol. The number of anilines is 1. The van der Waals surface area contributed by atoms with E-state index in [1.807, 2.05) is 0 Å². The van der Waals surface area contributed by atoms with Gasteiger partial charge in [0.1, 0.15) is 12.8 Å². The topological polar surface area (TPSA) is 55.2 Å². The second-order valence-electron chi connectivity index (χ2n) is 8.86. The van der Waals surface area contributed by atoms with Gasteiger partial charge in [-0.15, -0.1) is 0 Å². The fourth-order valence-corrected chi connectivity index (χ4v) is 5.17. The molecule has 2 atom stereocenters. The number of hydrogen-bond donors (Lipinski definition) is 1. The predicted molar refractivity (Wildman–Crippen MR) is 119 cm³/mol. The molecule has 3 aliphatic heterocycles. The summed E-state index contributed by atoms with van der Waals surface area (Å²) in [7, 11) is 2.20. The van der Waals surface area contributed by atoms with Gasteiger partial charge in [0.25, 0.3) is 0 Å². The van der Waals surface area contributed by atoms with E-state index in [0.717, 1.165) is 63.1 Å². The zero-order valence-electron chi connectivity index (χ0n) is 17.6. The summed E-state index contributed by atoms with van der Waals surface area (Å²) in [5, 5.41) is 8.62. The number of hydrazine groups is 1. The van der Waals surface area contributed by atoms with Crippen LogP contribution in [0.3, 0.4) is 0 Å². The van der Waals surface area contributed by atoms with E-state index >= 15 is 0 Å². The van der Waals surface area contributed by atoms with Crippen LogP contribution in [0.15, 0.2) is 41.4 Å². The van der Waals surface area contributed by atoms with E-state index in [1.54, 1.807) is 0 Å². The molecule has 30 heavy (non-hydrogen) atoms. The highest BCUT2D eigenvalue weighted by Gasteiger charge is 2.39. The minimum absolute atomic E-state index is 0.197. The summed E-state index contributed by atoms with van der Waals surface area (Å²) in [5.74, 6) is 2.54. The van der Waals surface area contributed by atoms with E-state index < -0.39 is 0 Å². The maximum atomic E-state index is 5.07. The summed E-state index contributed by atoms with van der Waals surface area (Å²) >= 11 is 0. The number of aliphatic imine (C=N–C) groups is 1. The molecule has 158 valence electrons. The lowest BCUT2D eigenvalue weighted by molar-refractivity contribution is -0.0530. The summed E-state index contributed by atoms with van der Waals surface area (Å²) in [6, 6.07) is 8.52. The Hall–Kier alpha value is -2.42. The monoisotopic (exact) mass is 406 g/mol. The Labute approximate surface area is 177 Å². The minimum atomic E-state index is 0.197. The number of nitrogens with one attached hydrogen (secondary N) is 1. The molecule has 4 aliphatic rings. The Morgan fingerprint density at radius 3 is 2.73 bits per heavy atom. The summed E-state index contributed by atoms with van der Waals surface area (Å²) < 4.78 is 2.42. The molecule has 1 saturated heterocycles. The normalized spacial score (nSPS) is 28.2. The third-order valence-electron chi connectivity index (χ3n) is 6.95. The number of likely N-dealkylation sites (N-methyl/N-ethyl adjacent to an activating group) is 1. The first kappa shape index (κ1) is 18.4. The van der Waals surface area contributed by atoms with Crippen molar-refractivity contribution in [2.24, 2.45) is 10.9 Å². The van der Waals surface area contributed by atoms with Crippen LogP contribution in [0.2, 0.25) is 0 Å². The van der Waals surface area contributed by atoms with Gasteiger partial charge in [-0.3, -0.25) is 9.47 Å². The lowest BCUT2D eigenvalue weighted by Gasteiger charge is -2.47. The number of para-hydroxylation sites is 2. The molecule has 1 fully saturated rings. The van der Waals surface area contributed by atoms with Crippen LogP contribution in [0.25, 0.3) is 11.0 Å². The fraction of sp³-hybridized carbons (Fsp3) is 0.545. The average Bonchev–Trinajstić information content (AvgIpc) is 3.19. The van der Waals surface area contributed by atoms with Gasteiger partial charge in [0, 0.05) is 32.1 Å². The largest absolute Gasteiger partial charge is 0.335 e. The zero-order chi connectivity index (χ0) is 20.1. The molecule has 6 rings (SSSR count). The Bertz CT molecular complexity index is 986. The standard InChI is InChI=1S/C22H30N8/c1-26-11-13-27(14-12-26)28-15-23-21-25-20(17-7-3-2-4-8-17)30-19-10-6-5-9-18(19)24-22(30)29(21)16-28/h2-3,5-6,9-10,17,20H,4,7-8,11-16H2,1H3,(H,23,25)/t17-,20+/m1/s1. The first-order valence-corrected chi connectivity index (χ1v) is 11.2. The lowest BCUT2D eigenvalue weighted by Crippen LogP contribution is -2.63. The van der Waals surface area contributed by atoms with Crippen molar-refractivity contribution in [2.75, 3.05) is 51.5 Å². The van der Waals surface area contributed by atoms with Crippen LogP contribution < -0.4 is 10.2 Å². The van der Waals surface area contributed by atoms with E-state index in [9.17, 15) is 0 Å². The first-order chi connectivity index (χ1) is 14.8. The molecule has 4 heterocycles. The van der Waals surface area contributed by atoms with Crippen LogP contribution in [0, 0.1) is 5.92 Å². The molecule has 0 amide bonds. The number of nitrogens with zero attached hydrogens (tertiary/aromatic N) is 7. The highest BCUT2D eigenvalue weighted by Crippen LogP contribution is 2.37. The zero-order valence-corrected chi connectivity index (χ0v) is 17.6. The summed E-state index contributed by atoms with van der Waals surface area (Å²) in [6.45, 7) is 5.80. The summed E-state index contributed by atoms with van der Waals surface area (Å²) in [4.78, 5) is 14.7. The smallest absolute Gasteiger partial charge is 0.216 e. The summed E-state index contributed by atoms with van der Waals surface area (Å²) in [6.07, 6.45) is 8.29. The molecule has 2 aromatic rings. The number of piperazine rings is 1. The van der Waals surface area contributed by atoms with Gasteiger partial charge in [0.15, 0.2) is 0 Å². The van der Waals surface area contributed by atoms with Gasteiger partial charge in [-0.05, 0) is 38.4 Å². The third kappa shape index (κ3) is 3.02. The lowest BCUT2D eigenvalue weighted by atomic mass is 9.91. The van der Waals surface area contributed by atoms with Gasteiger partial charge in [-0.25, -0.2) is 20.0 Å². The van der Waals surface area contributed by atoms with Crippen LogP contribution in [-0.4, -0.2) is 77.0 Å². The highest BCUT2D eigenvalue weighted by atomic mass is 15.7. The molecule has 1 aromatic carbocycles. The highest BCUT2D eigenvalue weighted by molar-refractivity contribution is 5.98. The van der Waals surface area contributed by atoms with Gasteiger partial charge in [0.2, 0.25) is 11.9 Å². The number of allylic oxidation sites excluding steroid dienone is 2. The molecule has 0 bridgehead atoms. The van der Waals surface area contributed by atoms with E-state index in [-0.39, 0.29) is 6.17 Å². The molecule has 0 radical (unpaired) electrons. The SMILES string of the molecule is CN1CCN(N2CN=C3N[C@H]([C@@H]4CC=CCC4)n4c(nc5ccccc54)N3C2)CC1. The third-order valence-corrected chi connectivity index (χ3v) is 6.95. The van der Waals surface area contributed by atoms with Crippen molar-refractivity contribution in [3.8, 4) is 0 Å². The van der Waals surface area contributed by atoms with Crippen molar-refractivity contribution >= 4 is 22.9 Å². The van der Waals surface area contributed by atoms with Gasteiger partial charge >= 0.3 is 0 Å². The fourth-order valence-electron chi connectivity index (χ4n) is 5.17. The van der Waals surface area contributed by atoms with Gasteiger partial charge < -0.3 is 10.2 Å². The van der Waals surface area contributed by atoms with E-state index in [4.69, 9.17) is 9.98 Å². The van der Waals surface area contributed by atoms with Crippen molar-refractivity contribution in [3.63, 3.8) is 0 Å². The van der Waals surface area contributed by atoms with Crippen LogP contribution in [0.4, 0.5) is 5.95 Å². The molecule has 0 unspecified atom stereocenters. The van der Waals surface area contributed by atoms with Crippen molar-refractivity contribution < 1.29 is 0 Å². The molecule has 0 spiro atoms. The molecule has 8 nitrogen and oxygen atoms in total. The number of benzene rings is 1. The molecule has 0 saturated carbocycles. The quantitative estimate of drug-likeness (QED) is 0.771. The number of hydrogen-bond acceptors (Lipinski definition) is 7. The number of aromatic nitrogens is 2. The minimum Gasteiger partial charge on any atom is -0.335 e. The molecule has 8 heteroatoms. The van der Waals surface area contributed by atoms with Crippen LogP contribution >= 0.6 is 0 Å². The van der Waals surface area contributed by atoms with Crippen LogP contribution in [-0.2, 0) is 0 Å². The molecule has 1 aliphatic carbocycles. The van der Waals surface area contributed by atoms with Crippen LogP contribution in [0.1, 0.15) is 25.4 Å². The van der Waals surface area contributed by atoms with Gasteiger partial charge in [-0.2, -0.15) is 0 Å². The Morgan fingerprint density at radius 2 is 1.90 bits per heavy atom. The maximum Gasteiger partial charge on any atom is 0.216 e. The number of rotatable bonds is 2. The second-order valence-corrected chi connectivity index (χ2v) is 8.86. The predicted octanol–water partition coefficient (Wildman–Crippen LogP) is 2.05. The molecule has 1 N–H and O–H groups in total. The van der Waals surface area contributed by atoms with Crippen LogP contribution in [0.5, 0.6) is 0 Å². The second kappa shape index (κ2) is 7.37. The van der Waals surface area contributed by atoms with Crippen molar-refractivity contribution in [3.05, 3.63) is 36.4 Å². The van der Waals surface area contributed by atoms with Crippen molar-refractivity contribution in [2.45, 2.75) is 25.4 Å². The van der Waals surface area contributed by atoms with E-state index in [2.05, 4.69) is 73.2 Å². The van der Waals surface area contributed by atoms with Crippen molar-refractivity contribution in [1.82, 2.24) is 29.8 Å². The van der Waals surface area contributed by atoms with Crippen molar-refractivity contribution in [1.29, 1.82) is 0 Å². The Kier molecular flexibility index (Phi) is 4.51. The number of guanidine groups is 1. The molecular formula is C22H30N8. The number of fused-ring (bicyclic) bond motifs is 5. The van der Waals surface area contributed by atoms with E-state index in [1.165, 1.54) is 11.9 Å². The Morgan fingerprint density at radius 1 is 1.03 bits per heavy atom. The number of imidazole rings is 1. The Balaban J connectivity index is 1.37. The van der Waals surface area contributed by atoms with Gasteiger partial charge in [0.05, 0.1) is 17.7 Å². The summed E-state index contributed by atoms with van der Waals surface area (Å²) in [5.41, 5.74) is 2.26. The van der Waals surface area contributed by atoms with E-state index in [0.29, 0.717) is 12.6 Å². The first-order valence-electron chi connectivity index (χ1n) is 11.2. The average molecular weight is 407 g/mol.